The monoisotopic (exact) mass is 340 g/mol. The predicted molar refractivity (Wildman–Crippen MR) is 106 cm³/mol. The van der Waals surface area contributed by atoms with E-state index >= 15 is 0 Å². The van der Waals surface area contributed by atoms with Gasteiger partial charge < -0.3 is 10.2 Å². The first-order valence-electron chi connectivity index (χ1n) is 8.96. The summed E-state index contributed by atoms with van der Waals surface area (Å²) in [5.41, 5.74) is 6.38. The molecule has 0 radical (unpaired) electrons. The van der Waals surface area contributed by atoms with Crippen molar-refractivity contribution in [1.29, 1.82) is 0 Å². The highest BCUT2D eigenvalue weighted by molar-refractivity contribution is 5.50. The number of rotatable bonds is 2. The van der Waals surface area contributed by atoms with Crippen LogP contribution in [0.15, 0.2) is 24.3 Å². The lowest BCUT2D eigenvalue weighted by atomic mass is 9.81. The van der Waals surface area contributed by atoms with E-state index in [0.717, 1.165) is 22.3 Å². The molecule has 2 heteroatoms. The molecule has 2 aromatic rings. The van der Waals surface area contributed by atoms with E-state index in [9.17, 15) is 10.2 Å². The Morgan fingerprint density at radius 2 is 0.960 bits per heavy atom. The van der Waals surface area contributed by atoms with Gasteiger partial charge in [0.1, 0.15) is 11.5 Å². The van der Waals surface area contributed by atoms with Gasteiger partial charge >= 0.3 is 0 Å². The van der Waals surface area contributed by atoms with Crippen LogP contribution in [0.1, 0.15) is 74.9 Å². The van der Waals surface area contributed by atoms with Crippen LogP contribution in [0.3, 0.4) is 0 Å². The van der Waals surface area contributed by atoms with E-state index in [1.54, 1.807) is 0 Å². The van der Waals surface area contributed by atoms with E-state index in [0.29, 0.717) is 17.9 Å². The van der Waals surface area contributed by atoms with Gasteiger partial charge in [0.05, 0.1) is 0 Å². The first kappa shape index (κ1) is 19.4. The minimum Gasteiger partial charge on any atom is -0.508 e. The molecule has 0 bridgehead atoms. The lowest BCUT2D eigenvalue weighted by molar-refractivity contribution is 0.460. The van der Waals surface area contributed by atoms with Crippen molar-refractivity contribution in [3.63, 3.8) is 0 Å². The van der Waals surface area contributed by atoms with E-state index in [-0.39, 0.29) is 10.8 Å². The van der Waals surface area contributed by atoms with Crippen molar-refractivity contribution in [2.75, 3.05) is 0 Å². The zero-order valence-corrected chi connectivity index (χ0v) is 16.9. The summed E-state index contributed by atoms with van der Waals surface area (Å²) in [6.45, 7) is 17.1. The van der Waals surface area contributed by atoms with Crippen molar-refractivity contribution < 1.29 is 10.2 Å². The fraction of sp³-hybridized carbons (Fsp3) is 0.478. The number of aromatic hydroxyl groups is 2. The van der Waals surface area contributed by atoms with Crippen LogP contribution < -0.4 is 0 Å². The summed E-state index contributed by atoms with van der Waals surface area (Å²) < 4.78 is 0. The van der Waals surface area contributed by atoms with Crippen LogP contribution >= 0.6 is 0 Å². The normalized spacial score (nSPS) is 12.5. The molecule has 0 aliphatic rings. The lowest BCUT2D eigenvalue weighted by Gasteiger charge is -2.25. The summed E-state index contributed by atoms with van der Waals surface area (Å²) in [5, 5.41) is 20.9. The third-order valence-electron chi connectivity index (χ3n) is 4.85. The summed E-state index contributed by atoms with van der Waals surface area (Å²) in [5.74, 6) is 0.588. The quantitative estimate of drug-likeness (QED) is 0.714. The largest absolute Gasteiger partial charge is 0.508 e. The third-order valence-corrected chi connectivity index (χ3v) is 4.85. The van der Waals surface area contributed by atoms with Crippen molar-refractivity contribution in [3.05, 3.63) is 57.6 Å². The molecule has 25 heavy (non-hydrogen) atoms. The van der Waals surface area contributed by atoms with Crippen molar-refractivity contribution in [3.8, 4) is 11.5 Å². The van der Waals surface area contributed by atoms with Crippen LogP contribution in [0.25, 0.3) is 0 Å². The maximum Gasteiger partial charge on any atom is 0.119 e. The van der Waals surface area contributed by atoms with Gasteiger partial charge in [0.2, 0.25) is 0 Å². The Morgan fingerprint density at radius 1 is 0.640 bits per heavy atom. The van der Waals surface area contributed by atoms with Gasteiger partial charge in [-0.05, 0) is 70.2 Å². The van der Waals surface area contributed by atoms with Crippen LogP contribution in [-0.4, -0.2) is 10.2 Å². The Balaban J connectivity index is 2.54. The Labute approximate surface area is 152 Å². The molecule has 2 rings (SSSR count). The summed E-state index contributed by atoms with van der Waals surface area (Å²) >= 11 is 0. The first-order chi connectivity index (χ1) is 11.3. The molecule has 136 valence electrons. The number of hydrogen-bond acceptors (Lipinski definition) is 2. The van der Waals surface area contributed by atoms with Crippen LogP contribution in [0.4, 0.5) is 0 Å². The van der Waals surface area contributed by atoms with Gasteiger partial charge in [0.25, 0.3) is 0 Å². The highest BCUT2D eigenvalue weighted by Gasteiger charge is 2.21. The average molecular weight is 341 g/mol. The highest BCUT2D eigenvalue weighted by atomic mass is 16.3. The molecule has 0 heterocycles. The smallest absolute Gasteiger partial charge is 0.119 e. The molecule has 0 saturated carbocycles. The number of aryl methyl sites for hydroxylation is 2. The first-order valence-corrected chi connectivity index (χ1v) is 8.96. The SMILES string of the molecule is Cc1cc(O)c(Cc2cc(C(C)(C)C)c(C)cc2O)cc1C(C)(C)C. The zero-order valence-electron chi connectivity index (χ0n) is 16.9. The molecule has 0 unspecified atom stereocenters. The Hall–Kier alpha value is -1.96. The van der Waals surface area contributed by atoms with Gasteiger partial charge in [-0.3, -0.25) is 0 Å². The maximum atomic E-state index is 10.4. The second-order valence-corrected chi connectivity index (χ2v) is 9.27. The van der Waals surface area contributed by atoms with Gasteiger partial charge in [-0.15, -0.1) is 0 Å². The number of hydrogen-bond donors (Lipinski definition) is 2. The van der Waals surface area contributed by atoms with E-state index in [1.165, 1.54) is 11.1 Å². The van der Waals surface area contributed by atoms with Gasteiger partial charge in [0.15, 0.2) is 0 Å². The Kier molecular flexibility index (Phi) is 4.96. The minimum absolute atomic E-state index is 0.0123. The topological polar surface area (TPSA) is 40.5 Å². The average Bonchev–Trinajstić information content (AvgIpc) is 2.41. The van der Waals surface area contributed by atoms with Crippen molar-refractivity contribution in [2.24, 2.45) is 0 Å². The molecule has 2 nitrogen and oxygen atoms in total. The van der Waals surface area contributed by atoms with Gasteiger partial charge in [-0.1, -0.05) is 53.7 Å². The predicted octanol–water partition coefficient (Wildman–Crippen LogP) is 5.90. The van der Waals surface area contributed by atoms with Crippen LogP contribution in [0, 0.1) is 13.8 Å². The Bertz CT molecular complexity index is 720. The molecule has 0 aliphatic heterocycles. The zero-order chi connectivity index (χ0) is 19.2. The van der Waals surface area contributed by atoms with Crippen LogP contribution in [0.2, 0.25) is 0 Å². The molecular weight excluding hydrogens is 308 g/mol. The number of phenolic OH excluding ortho intramolecular Hbond substituents is 2. The van der Waals surface area contributed by atoms with Gasteiger partial charge in [0, 0.05) is 6.42 Å². The standard InChI is InChI=1S/C23H32O2/c1-14-9-20(24)16(12-18(14)22(3,4)5)11-17-13-19(23(6,7)8)15(2)10-21(17)25/h9-10,12-13,24-25H,11H2,1-8H3. The second-order valence-electron chi connectivity index (χ2n) is 9.27. The summed E-state index contributed by atoms with van der Waals surface area (Å²) in [6, 6.07) is 7.85. The van der Waals surface area contributed by atoms with Crippen molar-refractivity contribution in [1.82, 2.24) is 0 Å². The molecule has 0 aromatic heterocycles. The number of phenols is 2. The lowest BCUT2D eigenvalue weighted by Crippen LogP contribution is -2.14. The van der Waals surface area contributed by atoms with Crippen molar-refractivity contribution in [2.45, 2.75) is 72.6 Å². The Morgan fingerprint density at radius 3 is 1.24 bits per heavy atom. The van der Waals surface area contributed by atoms with E-state index < -0.39 is 0 Å². The molecular formula is C23H32O2. The fourth-order valence-electron chi connectivity index (χ4n) is 3.58. The molecule has 0 aliphatic carbocycles. The van der Waals surface area contributed by atoms with Gasteiger partial charge in [-0.2, -0.15) is 0 Å². The van der Waals surface area contributed by atoms with Crippen LogP contribution in [0.5, 0.6) is 11.5 Å². The van der Waals surface area contributed by atoms with Crippen LogP contribution in [-0.2, 0) is 17.3 Å². The summed E-state index contributed by atoms with van der Waals surface area (Å²) in [6.07, 6.45) is 0.518. The molecule has 0 saturated heterocycles. The summed E-state index contributed by atoms with van der Waals surface area (Å²) in [7, 11) is 0. The molecule has 0 amide bonds. The second kappa shape index (κ2) is 6.40. The van der Waals surface area contributed by atoms with Gasteiger partial charge in [-0.25, -0.2) is 0 Å². The van der Waals surface area contributed by atoms with E-state index in [2.05, 4.69) is 53.7 Å². The molecule has 0 atom stereocenters. The molecule has 0 spiro atoms. The maximum absolute atomic E-state index is 10.4. The summed E-state index contributed by atoms with van der Waals surface area (Å²) in [4.78, 5) is 0. The highest BCUT2D eigenvalue weighted by Crippen LogP contribution is 2.35. The minimum atomic E-state index is 0.0123. The molecule has 2 aromatic carbocycles. The van der Waals surface area contributed by atoms with E-state index in [1.807, 2.05) is 26.0 Å². The van der Waals surface area contributed by atoms with Crippen molar-refractivity contribution >= 4 is 0 Å². The fourth-order valence-corrected chi connectivity index (χ4v) is 3.58. The molecule has 0 fully saturated rings. The molecule has 2 N–H and O–H groups in total. The van der Waals surface area contributed by atoms with E-state index in [4.69, 9.17) is 0 Å². The number of benzene rings is 2. The third kappa shape index (κ3) is 4.18.